The van der Waals surface area contributed by atoms with Gasteiger partial charge in [0.25, 0.3) is 11.7 Å². The molecule has 162 valence electrons. The van der Waals surface area contributed by atoms with E-state index >= 15 is 0 Å². The van der Waals surface area contributed by atoms with Crippen LogP contribution in [0.1, 0.15) is 31.0 Å². The van der Waals surface area contributed by atoms with Crippen molar-refractivity contribution in [2.75, 3.05) is 11.5 Å². The number of anilines is 1. The average molecular weight is 428 g/mol. The molecule has 1 aromatic heterocycles. The van der Waals surface area contributed by atoms with E-state index in [2.05, 4.69) is 18.8 Å². The normalized spacial score (nSPS) is 17.7. The number of aliphatic hydroxyl groups is 1. The van der Waals surface area contributed by atoms with Gasteiger partial charge in [-0.05, 0) is 53.9 Å². The predicted octanol–water partition coefficient (Wildman–Crippen LogP) is 4.74. The second-order valence-electron chi connectivity index (χ2n) is 8.02. The van der Waals surface area contributed by atoms with E-state index in [0.717, 1.165) is 0 Å². The highest BCUT2D eigenvalue weighted by Gasteiger charge is 2.47. The van der Waals surface area contributed by atoms with Gasteiger partial charge in [-0.3, -0.25) is 19.5 Å². The second-order valence-corrected chi connectivity index (χ2v) is 8.02. The molecule has 1 saturated heterocycles. The van der Waals surface area contributed by atoms with Gasteiger partial charge in [-0.2, -0.15) is 0 Å². The van der Waals surface area contributed by atoms with Crippen LogP contribution in [-0.2, 0) is 9.59 Å². The molecule has 1 aliphatic rings. The number of amides is 1. The van der Waals surface area contributed by atoms with Crippen molar-refractivity contribution in [2.24, 2.45) is 5.92 Å². The Bertz CT molecular complexity index is 1140. The lowest BCUT2D eigenvalue weighted by Gasteiger charge is -2.25. The molecular formula is C26H24N2O4. The van der Waals surface area contributed by atoms with E-state index < -0.39 is 17.7 Å². The Morgan fingerprint density at radius 1 is 1.03 bits per heavy atom. The zero-order chi connectivity index (χ0) is 22.7. The lowest BCUT2D eigenvalue weighted by Crippen LogP contribution is -2.29. The standard InChI is InChI=1S/C26H24N2O4/c1-17(2)16-32-21-12-10-18(11-13-21)24(29)22-23(19-7-6-14-27-15-19)28(26(31)25(22)30)20-8-4-3-5-9-20/h3-15,17,23,29H,16H2,1-2H3/b24-22-. The van der Waals surface area contributed by atoms with E-state index in [-0.39, 0.29) is 11.3 Å². The Kier molecular flexibility index (Phi) is 6.03. The van der Waals surface area contributed by atoms with Crippen LogP contribution in [0.5, 0.6) is 5.75 Å². The highest BCUT2D eigenvalue weighted by molar-refractivity contribution is 6.51. The Hall–Kier alpha value is -3.93. The summed E-state index contributed by atoms with van der Waals surface area (Å²) in [5, 5.41) is 11.1. The van der Waals surface area contributed by atoms with Crippen molar-refractivity contribution in [3.05, 3.63) is 95.8 Å². The number of ether oxygens (including phenoxy) is 1. The van der Waals surface area contributed by atoms with Gasteiger partial charge in [0.05, 0.1) is 18.2 Å². The van der Waals surface area contributed by atoms with Crippen molar-refractivity contribution in [3.63, 3.8) is 0 Å². The van der Waals surface area contributed by atoms with Crippen LogP contribution in [0.4, 0.5) is 5.69 Å². The summed E-state index contributed by atoms with van der Waals surface area (Å²) in [6.45, 7) is 4.70. The summed E-state index contributed by atoms with van der Waals surface area (Å²) in [4.78, 5) is 31.7. The van der Waals surface area contributed by atoms with E-state index in [0.29, 0.717) is 35.1 Å². The number of pyridine rings is 1. The number of aromatic nitrogens is 1. The molecule has 1 amide bonds. The minimum absolute atomic E-state index is 0.0303. The molecule has 0 aliphatic carbocycles. The highest BCUT2D eigenvalue weighted by atomic mass is 16.5. The molecule has 1 fully saturated rings. The maximum atomic E-state index is 13.1. The third-order valence-corrected chi connectivity index (χ3v) is 5.19. The molecule has 6 heteroatoms. The Morgan fingerprint density at radius 2 is 1.75 bits per heavy atom. The second kappa shape index (κ2) is 9.06. The first kappa shape index (κ1) is 21.3. The van der Waals surface area contributed by atoms with Gasteiger partial charge in [0.2, 0.25) is 0 Å². The third-order valence-electron chi connectivity index (χ3n) is 5.19. The number of Topliss-reactive ketones (excluding diaryl/α,β-unsaturated/α-hetero) is 1. The minimum atomic E-state index is -0.789. The summed E-state index contributed by atoms with van der Waals surface area (Å²) < 4.78 is 5.70. The van der Waals surface area contributed by atoms with E-state index in [9.17, 15) is 14.7 Å². The van der Waals surface area contributed by atoms with Crippen LogP contribution in [0.3, 0.4) is 0 Å². The van der Waals surface area contributed by atoms with Gasteiger partial charge in [0.1, 0.15) is 11.5 Å². The van der Waals surface area contributed by atoms with E-state index in [1.807, 2.05) is 6.07 Å². The number of carbonyl (C=O) groups is 2. The van der Waals surface area contributed by atoms with Crippen LogP contribution in [0.2, 0.25) is 0 Å². The smallest absolute Gasteiger partial charge is 0.300 e. The quantitative estimate of drug-likeness (QED) is 0.348. The first-order valence-electron chi connectivity index (χ1n) is 10.5. The molecule has 2 heterocycles. The Morgan fingerprint density at radius 3 is 2.38 bits per heavy atom. The molecule has 1 atom stereocenters. The summed E-state index contributed by atoms with van der Waals surface area (Å²) >= 11 is 0. The van der Waals surface area contributed by atoms with Crippen molar-refractivity contribution in [3.8, 4) is 5.75 Å². The maximum absolute atomic E-state index is 13.1. The molecule has 0 spiro atoms. The molecular weight excluding hydrogens is 404 g/mol. The Balaban J connectivity index is 1.79. The molecule has 1 aliphatic heterocycles. The summed E-state index contributed by atoms with van der Waals surface area (Å²) in [5.74, 6) is -0.602. The lowest BCUT2D eigenvalue weighted by atomic mass is 9.96. The van der Waals surface area contributed by atoms with Gasteiger partial charge >= 0.3 is 0 Å². The summed E-state index contributed by atoms with van der Waals surface area (Å²) in [6, 6.07) is 18.5. The van der Waals surface area contributed by atoms with Gasteiger partial charge in [0, 0.05) is 23.6 Å². The van der Waals surface area contributed by atoms with Crippen molar-refractivity contribution < 1.29 is 19.4 Å². The summed E-state index contributed by atoms with van der Waals surface area (Å²) in [7, 11) is 0. The van der Waals surface area contributed by atoms with Crippen molar-refractivity contribution >= 4 is 23.1 Å². The molecule has 1 unspecified atom stereocenters. The van der Waals surface area contributed by atoms with Crippen LogP contribution < -0.4 is 9.64 Å². The third kappa shape index (κ3) is 4.12. The SMILES string of the molecule is CC(C)COc1ccc(/C(O)=C2/C(=O)C(=O)N(c3ccccc3)C2c2cccnc2)cc1. The monoisotopic (exact) mass is 428 g/mol. The van der Waals surface area contributed by atoms with E-state index in [1.165, 1.54) is 4.90 Å². The molecule has 6 nitrogen and oxygen atoms in total. The van der Waals surface area contributed by atoms with E-state index in [4.69, 9.17) is 4.74 Å². The minimum Gasteiger partial charge on any atom is -0.507 e. The largest absolute Gasteiger partial charge is 0.507 e. The molecule has 0 saturated carbocycles. The van der Waals surface area contributed by atoms with Crippen LogP contribution >= 0.6 is 0 Å². The van der Waals surface area contributed by atoms with Crippen LogP contribution in [0, 0.1) is 5.92 Å². The molecule has 2 aromatic carbocycles. The van der Waals surface area contributed by atoms with Crippen molar-refractivity contribution in [1.82, 2.24) is 4.98 Å². The average Bonchev–Trinajstić information content (AvgIpc) is 3.09. The van der Waals surface area contributed by atoms with Gasteiger partial charge in [-0.15, -0.1) is 0 Å². The number of carbonyl (C=O) groups excluding carboxylic acids is 2. The van der Waals surface area contributed by atoms with Gasteiger partial charge in [-0.25, -0.2) is 0 Å². The fourth-order valence-corrected chi connectivity index (χ4v) is 3.67. The molecule has 32 heavy (non-hydrogen) atoms. The number of benzene rings is 2. The summed E-state index contributed by atoms with van der Waals surface area (Å²) in [6.07, 6.45) is 3.22. The zero-order valence-corrected chi connectivity index (χ0v) is 17.9. The maximum Gasteiger partial charge on any atom is 0.300 e. The fourth-order valence-electron chi connectivity index (χ4n) is 3.67. The molecule has 3 aromatic rings. The molecule has 4 rings (SSSR count). The van der Waals surface area contributed by atoms with Gasteiger partial charge in [0.15, 0.2) is 0 Å². The van der Waals surface area contributed by atoms with Crippen molar-refractivity contribution in [1.29, 1.82) is 0 Å². The predicted molar refractivity (Wildman–Crippen MR) is 122 cm³/mol. The van der Waals surface area contributed by atoms with Gasteiger partial charge in [-0.1, -0.05) is 38.1 Å². The number of hydrogen-bond acceptors (Lipinski definition) is 5. The Labute approximate surface area is 186 Å². The van der Waals surface area contributed by atoms with E-state index in [1.54, 1.807) is 73.1 Å². The zero-order valence-electron chi connectivity index (χ0n) is 17.9. The first-order valence-corrected chi connectivity index (χ1v) is 10.5. The van der Waals surface area contributed by atoms with Crippen LogP contribution in [0.15, 0.2) is 84.7 Å². The summed E-state index contributed by atoms with van der Waals surface area (Å²) in [5.41, 5.74) is 1.67. The van der Waals surface area contributed by atoms with Crippen molar-refractivity contribution in [2.45, 2.75) is 19.9 Å². The number of aliphatic hydroxyl groups excluding tert-OH is 1. The number of hydrogen-bond donors (Lipinski definition) is 1. The first-order chi connectivity index (χ1) is 15.5. The number of rotatable bonds is 6. The molecule has 0 radical (unpaired) electrons. The fraction of sp³-hybridized carbons (Fsp3) is 0.192. The molecule has 0 bridgehead atoms. The number of nitrogens with zero attached hydrogens (tertiary/aromatic N) is 2. The van der Waals surface area contributed by atoms with Crippen LogP contribution in [-0.4, -0.2) is 28.4 Å². The topological polar surface area (TPSA) is 79.7 Å². The van der Waals surface area contributed by atoms with Crippen LogP contribution in [0.25, 0.3) is 5.76 Å². The molecule has 1 N–H and O–H groups in total. The number of para-hydroxylation sites is 1. The highest BCUT2D eigenvalue weighted by Crippen LogP contribution is 2.41. The van der Waals surface area contributed by atoms with Gasteiger partial charge < -0.3 is 9.84 Å². The lowest BCUT2D eigenvalue weighted by molar-refractivity contribution is -0.132. The number of ketones is 1.